The predicted molar refractivity (Wildman–Crippen MR) is 148 cm³/mol. The molecule has 0 saturated heterocycles. The van der Waals surface area contributed by atoms with E-state index in [1.54, 1.807) is 15.8 Å². The Kier molecular flexibility index (Phi) is 20.3. The van der Waals surface area contributed by atoms with E-state index in [4.69, 9.17) is 0 Å². The van der Waals surface area contributed by atoms with Crippen molar-refractivity contribution < 1.29 is 0 Å². The van der Waals surface area contributed by atoms with Crippen LogP contribution >= 0.6 is 0 Å². The first-order chi connectivity index (χ1) is 14.9. The first kappa shape index (κ1) is 31.5. The minimum Gasteiger partial charge on any atom is -0.0910 e. The van der Waals surface area contributed by atoms with Gasteiger partial charge in [0.2, 0.25) is 0 Å². The quantitative estimate of drug-likeness (QED) is 0.152. The summed E-state index contributed by atoms with van der Waals surface area (Å²) in [6, 6.07) is 0. The van der Waals surface area contributed by atoms with Crippen molar-refractivity contribution in [3.8, 4) is 0 Å². The molecule has 0 spiro atoms. The molecule has 0 heterocycles. The van der Waals surface area contributed by atoms with E-state index >= 15 is 0 Å². The monoisotopic (exact) mass is 450 g/mol. The zero-order valence-corrected chi connectivity index (χ0v) is 24.8. The van der Waals surface area contributed by atoms with Crippen LogP contribution in [0.3, 0.4) is 0 Å². The van der Waals surface area contributed by atoms with E-state index in [-0.39, 0.29) is 0 Å². The summed E-state index contributed by atoms with van der Waals surface area (Å²) in [6.07, 6.45) is 17.0. The Bertz CT molecular complexity index is 322. The summed E-state index contributed by atoms with van der Waals surface area (Å²) in [4.78, 5) is 0. The molecule has 0 amide bonds. The van der Waals surface area contributed by atoms with Crippen LogP contribution in [0.25, 0.3) is 0 Å². The van der Waals surface area contributed by atoms with Crippen molar-refractivity contribution >= 4 is 14.1 Å². The second-order valence-corrected chi connectivity index (χ2v) is 14.6. The van der Waals surface area contributed by atoms with Crippen molar-refractivity contribution in [3.63, 3.8) is 0 Å². The van der Waals surface area contributed by atoms with Gasteiger partial charge in [-0.25, -0.2) is 0 Å². The minimum atomic E-state index is -0.719. The average molecular weight is 451 g/mol. The predicted octanol–water partition coefficient (Wildman–Crippen LogP) is 11.0. The van der Waals surface area contributed by atoms with Gasteiger partial charge in [0.15, 0.2) is 0 Å². The number of hydrogen-bond donors (Lipinski definition) is 0. The SMILES string of the molecule is CCCCC(CC)C(C)[CH2][Al]([CH2]C(C)C(CC)CCCC)[CH2]C(C)C(CC)CCCC. The first-order valence-electron chi connectivity index (χ1n) is 14.9. The van der Waals surface area contributed by atoms with Crippen LogP contribution in [-0.2, 0) is 0 Å². The Morgan fingerprint density at radius 3 is 0.903 bits per heavy atom. The fraction of sp³-hybridized carbons (Fsp3) is 1.00. The summed E-state index contributed by atoms with van der Waals surface area (Å²) in [5.74, 6) is 5.80. The van der Waals surface area contributed by atoms with Crippen LogP contribution in [0.15, 0.2) is 0 Å². The molecule has 0 radical (unpaired) electrons. The molecule has 0 bridgehead atoms. The molecule has 0 aromatic rings. The summed E-state index contributed by atoms with van der Waals surface area (Å²) in [7, 11) is 0. The van der Waals surface area contributed by atoms with Crippen LogP contribution in [0.5, 0.6) is 0 Å². The summed E-state index contributed by atoms with van der Waals surface area (Å²) in [5, 5.41) is 4.85. The largest absolute Gasteiger partial charge is 0.262 e. The lowest BCUT2D eigenvalue weighted by molar-refractivity contribution is 0.317. The zero-order chi connectivity index (χ0) is 23.6. The van der Waals surface area contributed by atoms with E-state index < -0.39 is 14.1 Å². The molecule has 0 fully saturated rings. The van der Waals surface area contributed by atoms with Crippen molar-refractivity contribution in [2.45, 2.75) is 155 Å². The molecule has 186 valence electrons. The highest BCUT2D eigenvalue weighted by Gasteiger charge is 2.30. The van der Waals surface area contributed by atoms with E-state index in [2.05, 4.69) is 62.3 Å². The molecule has 31 heavy (non-hydrogen) atoms. The van der Waals surface area contributed by atoms with Crippen molar-refractivity contribution in [2.75, 3.05) is 0 Å². The van der Waals surface area contributed by atoms with Crippen LogP contribution in [0.1, 0.15) is 139 Å². The van der Waals surface area contributed by atoms with Gasteiger partial charge in [-0.15, -0.1) is 0 Å². The molecule has 0 saturated carbocycles. The maximum atomic E-state index is 2.63. The van der Waals surface area contributed by atoms with Gasteiger partial charge in [-0.3, -0.25) is 0 Å². The fourth-order valence-corrected chi connectivity index (χ4v) is 11.4. The molecule has 0 aromatic heterocycles. The van der Waals surface area contributed by atoms with Crippen LogP contribution in [0.4, 0.5) is 0 Å². The molecule has 0 aliphatic rings. The van der Waals surface area contributed by atoms with E-state index in [0.29, 0.717) is 0 Å². The molecule has 0 N–H and O–H groups in total. The molecule has 6 unspecified atom stereocenters. The third kappa shape index (κ3) is 13.7. The molecule has 0 aliphatic carbocycles. The second-order valence-electron chi connectivity index (χ2n) is 11.4. The van der Waals surface area contributed by atoms with Crippen LogP contribution in [0, 0.1) is 35.5 Å². The van der Waals surface area contributed by atoms with E-state index in [1.165, 1.54) is 77.0 Å². The second kappa shape index (κ2) is 20.0. The molecule has 0 nitrogen and oxygen atoms in total. The van der Waals surface area contributed by atoms with E-state index in [1.807, 2.05) is 0 Å². The summed E-state index contributed by atoms with van der Waals surface area (Å²) in [5.41, 5.74) is 0. The van der Waals surface area contributed by atoms with Crippen LogP contribution < -0.4 is 0 Å². The van der Waals surface area contributed by atoms with Crippen molar-refractivity contribution in [1.29, 1.82) is 0 Å². The first-order valence-corrected chi connectivity index (χ1v) is 17.3. The van der Waals surface area contributed by atoms with Gasteiger partial charge in [0, 0.05) is 0 Å². The number of rotatable bonds is 21. The fourth-order valence-electron chi connectivity index (χ4n) is 6.52. The Labute approximate surface area is 204 Å². The number of hydrogen-bond acceptors (Lipinski definition) is 0. The summed E-state index contributed by atoms with van der Waals surface area (Å²) in [6.45, 7) is 22.3. The Morgan fingerprint density at radius 1 is 0.452 bits per heavy atom. The van der Waals surface area contributed by atoms with Gasteiger partial charge < -0.3 is 0 Å². The van der Waals surface area contributed by atoms with Crippen molar-refractivity contribution in [2.24, 2.45) is 35.5 Å². The molecular weight excluding hydrogens is 387 g/mol. The topological polar surface area (TPSA) is 0 Å². The third-order valence-electron chi connectivity index (χ3n) is 8.89. The average Bonchev–Trinajstić information content (AvgIpc) is 2.75. The third-order valence-corrected chi connectivity index (χ3v) is 13.1. The smallest absolute Gasteiger partial charge is 0.0910 e. The zero-order valence-electron chi connectivity index (χ0n) is 23.6. The van der Waals surface area contributed by atoms with Gasteiger partial charge in [-0.2, -0.15) is 0 Å². The molecule has 0 aliphatic heterocycles. The van der Waals surface area contributed by atoms with Gasteiger partial charge in [0.05, 0.1) is 0 Å². The van der Waals surface area contributed by atoms with E-state index in [0.717, 1.165) is 35.5 Å². The lowest BCUT2D eigenvalue weighted by atomic mass is 9.88. The lowest BCUT2D eigenvalue weighted by Gasteiger charge is -2.32. The molecule has 1 heteroatoms. The molecule has 6 atom stereocenters. The van der Waals surface area contributed by atoms with Crippen molar-refractivity contribution in [3.05, 3.63) is 0 Å². The Hall–Kier alpha value is 0.532. The summed E-state index contributed by atoms with van der Waals surface area (Å²) >= 11 is -0.719. The lowest BCUT2D eigenvalue weighted by Crippen LogP contribution is -2.28. The Balaban J connectivity index is 5.24. The van der Waals surface area contributed by atoms with Gasteiger partial charge in [0.25, 0.3) is 14.1 Å². The molecule has 0 aromatic carbocycles. The standard InChI is InChI=1S/3C10H21.Al/c3*1-5-7-8-10(6-2)9(3)4;/h3*9-10H,3,5-8H2,1-2,4H3;. The maximum absolute atomic E-state index is 2.63. The highest BCUT2D eigenvalue weighted by molar-refractivity contribution is 6.59. The molecular formula is C30H63Al. The molecule has 0 rings (SSSR count). The number of unbranched alkanes of at least 4 members (excludes halogenated alkanes) is 3. The van der Waals surface area contributed by atoms with Crippen LogP contribution in [0.2, 0.25) is 15.8 Å². The van der Waals surface area contributed by atoms with Gasteiger partial charge >= 0.3 is 0 Å². The minimum absolute atomic E-state index is 0.719. The van der Waals surface area contributed by atoms with Gasteiger partial charge in [-0.1, -0.05) is 173 Å². The van der Waals surface area contributed by atoms with Gasteiger partial charge in [-0.05, 0) is 17.8 Å². The highest BCUT2D eigenvalue weighted by atomic mass is 27.2. The van der Waals surface area contributed by atoms with E-state index in [9.17, 15) is 0 Å². The van der Waals surface area contributed by atoms with Crippen LogP contribution in [-0.4, -0.2) is 14.1 Å². The normalized spacial score (nSPS) is 17.7. The van der Waals surface area contributed by atoms with Gasteiger partial charge in [0.1, 0.15) is 0 Å². The highest BCUT2D eigenvalue weighted by Crippen LogP contribution is 2.35. The van der Waals surface area contributed by atoms with Crippen molar-refractivity contribution in [1.82, 2.24) is 0 Å². The summed E-state index contributed by atoms with van der Waals surface area (Å²) < 4.78 is 0. The Morgan fingerprint density at radius 2 is 0.710 bits per heavy atom. The maximum Gasteiger partial charge on any atom is 0.262 e.